The number of amides is 4. The van der Waals surface area contributed by atoms with Gasteiger partial charge in [0.05, 0.1) is 37.0 Å². The van der Waals surface area contributed by atoms with Crippen LogP contribution in [0.5, 0.6) is 5.75 Å². The zero-order valence-electron chi connectivity index (χ0n) is 38.3. The van der Waals surface area contributed by atoms with Crippen LogP contribution in [0.2, 0.25) is 5.02 Å². The highest BCUT2D eigenvalue weighted by atomic mass is 35.5. The molecule has 0 spiro atoms. The van der Waals surface area contributed by atoms with Gasteiger partial charge in [-0.3, -0.25) is 24.5 Å². The van der Waals surface area contributed by atoms with E-state index in [2.05, 4.69) is 20.2 Å². The number of imide groups is 1. The minimum atomic E-state index is -0.798. The van der Waals surface area contributed by atoms with Gasteiger partial charge in [0.1, 0.15) is 47.7 Å². The fraction of sp³-hybridized carbons (Fsp3) is 0.412. The maximum absolute atomic E-state index is 16.4. The first-order valence-corrected chi connectivity index (χ1v) is 23.8. The summed E-state index contributed by atoms with van der Waals surface area (Å²) >= 11 is 6.72. The average Bonchev–Trinajstić information content (AvgIpc) is 3.68. The molecule has 0 aliphatic carbocycles. The number of rotatable bonds is 16. The van der Waals surface area contributed by atoms with Crippen molar-refractivity contribution in [1.29, 1.82) is 0 Å². The van der Waals surface area contributed by atoms with E-state index in [4.69, 9.17) is 25.8 Å². The zero-order chi connectivity index (χ0) is 48.2. The Labute approximate surface area is 402 Å². The topological polar surface area (TPSA) is 147 Å². The second-order valence-corrected chi connectivity index (χ2v) is 18.2. The third-order valence-electron chi connectivity index (χ3n) is 13.5. The molecule has 5 heterocycles. The van der Waals surface area contributed by atoms with E-state index in [0.717, 1.165) is 54.7 Å². The number of halogens is 4. The highest BCUT2D eigenvalue weighted by Crippen LogP contribution is 2.43. The number of hydrogen-bond donors (Lipinski definition) is 1. The summed E-state index contributed by atoms with van der Waals surface area (Å²) in [6, 6.07) is 15.7. The van der Waals surface area contributed by atoms with Crippen LogP contribution >= 0.6 is 11.6 Å². The van der Waals surface area contributed by atoms with Crippen molar-refractivity contribution in [2.45, 2.75) is 70.7 Å². The summed E-state index contributed by atoms with van der Waals surface area (Å²) in [6.07, 6.45) is 3.70. The van der Waals surface area contributed by atoms with Crippen LogP contribution in [0.3, 0.4) is 0 Å². The van der Waals surface area contributed by atoms with Crippen molar-refractivity contribution >= 4 is 52.0 Å². The Morgan fingerprint density at radius 3 is 2.28 bits per heavy atom. The van der Waals surface area contributed by atoms with Gasteiger partial charge in [0.2, 0.25) is 17.7 Å². The average molecular weight is 968 g/mol. The van der Waals surface area contributed by atoms with Gasteiger partial charge in [0, 0.05) is 68.6 Å². The van der Waals surface area contributed by atoms with E-state index in [-0.39, 0.29) is 83.7 Å². The van der Waals surface area contributed by atoms with E-state index in [0.29, 0.717) is 69.2 Å². The predicted molar refractivity (Wildman–Crippen MR) is 251 cm³/mol. The quantitative estimate of drug-likeness (QED) is 0.0793. The van der Waals surface area contributed by atoms with Gasteiger partial charge < -0.3 is 33.8 Å². The third-order valence-corrected chi connectivity index (χ3v) is 13.8. The summed E-state index contributed by atoms with van der Waals surface area (Å²) in [5.41, 5.74) is 3.55. The number of piperidine rings is 2. The Kier molecular flexibility index (Phi) is 14.7. The lowest BCUT2D eigenvalue weighted by Gasteiger charge is -2.35. The van der Waals surface area contributed by atoms with Gasteiger partial charge in [0.25, 0.3) is 5.91 Å². The van der Waals surface area contributed by atoms with E-state index < -0.39 is 29.4 Å². The molecule has 14 nitrogen and oxygen atoms in total. The summed E-state index contributed by atoms with van der Waals surface area (Å²) in [6.45, 7) is 7.93. The van der Waals surface area contributed by atoms with E-state index in [1.165, 1.54) is 35.5 Å². The van der Waals surface area contributed by atoms with Gasteiger partial charge in [0.15, 0.2) is 5.82 Å². The van der Waals surface area contributed by atoms with E-state index >= 15 is 8.78 Å². The lowest BCUT2D eigenvalue weighted by atomic mass is 9.85. The van der Waals surface area contributed by atoms with Crippen LogP contribution < -0.4 is 15.0 Å². The molecular formula is C51H53ClF3N7O7. The van der Waals surface area contributed by atoms with Crippen molar-refractivity contribution in [3.05, 3.63) is 117 Å². The van der Waals surface area contributed by atoms with Crippen LogP contribution in [0, 0.1) is 17.5 Å². The highest BCUT2D eigenvalue weighted by Gasteiger charge is 2.41. The summed E-state index contributed by atoms with van der Waals surface area (Å²) in [5.74, 6) is -2.44. The number of ether oxygens (including phenoxy) is 3. The molecule has 5 aromatic rings. The number of hydrogen-bond acceptors (Lipinski definition) is 11. The molecule has 69 heavy (non-hydrogen) atoms. The summed E-state index contributed by atoms with van der Waals surface area (Å²) in [7, 11) is 0. The number of benzene rings is 4. The molecule has 1 unspecified atom stereocenters. The van der Waals surface area contributed by atoms with Crippen LogP contribution in [-0.4, -0.2) is 120 Å². The molecule has 0 bridgehead atoms. The predicted octanol–water partition coefficient (Wildman–Crippen LogP) is 7.18. The number of likely N-dealkylation sites (tertiary alicyclic amines) is 1. The van der Waals surface area contributed by atoms with Gasteiger partial charge in [-0.25, -0.2) is 23.1 Å². The first-order chi connectivity index (χ1) is 33.5. The van der Waals surface area contributed by atoms with E-state index in [1.54, 1.807) is 17.0 Å². The maximum Gasteiger partial charge on any atom is 0.255 e. The Balaban J connectivity index is 0.714. The van der Waals surface area contributed by atoms with E-state index in [1.807, 2.05) is 36.1 Å². The largest absolute Gasteiger partial charge is 0.490 e. The van der Waals surface area contributed by atoms with Crippen LogP contribution in [0.1, 0.15) is 77.6 Å². The number of aromatic nitrogens is 2. The van der Waals surface area contributed by atoms with Crippen LogP contribution in [0.25, 0.3) is 22.0 Å². The second kappa shape index (κ2) is 21.2. The minimum Gasteiger partial charge on any atom is -0.490 e. The molecule has 18 heteroatoms. The Hall–Kier alpha value is -6.14. The van der Waals surface area contributed by atoms with Gasteiger partial charge >= 0.3 is 0 Å². The number of anilines is 1. The lowest BCUT2D eigenvalue weighted by molar-refractivity contribution is -0.137. The molecule has 4 amide bonds. The monoisotopic (exact) mass is 967 g/mol. The minimum absolute atomic E-state index is 0.00740. The first kappa shape index (κ1) is 47.9. The van der Waals surface area contributed by atoms with Crippen molar-refractivity contribution in [3.8, 4) is 16.9 Å². The number of carbonyl (C=O) groups is 4. The second-order valence-electron chi connectivity index (χ2n) is 17.8. The fourth-order valence-corrected chi connectivity index (χ4v) is 10.1. The number of nitrogens with one attached hydrogen (secondary N) is 1. The molecule has 3 saturated heterocycles. The molecule has 4 aliphatic heterocycles. The smallest absolute Gasteiger partial charge is 0.255 e. The Morgan fingerprint density at radius 2 is 1.57 bits per heavy atom. The Bertz CT molecular complexity index is 2750. The van der Waals surface area contributed by atoms with Gasteiger partial charge in [-0.1, -0.05) is 48.9 Å². The molecule has 0 saturated carbocycles. The molecule has 1 aromatic heterocycles. The van der Waals surface area contributed by atoms with Gasteiger partial charge in [-0.05, 0) is 90.9 Å². The maximum atomic E-state index is 16.4. The van der Waals surface area contributed by atoms with Crippen LogP contribution in [-0.2, 0) is 43.6 Å². The molecule has 0 radical (unpaired) electrons. The lowest BCUT2D eigenvalue weighted by Crippen LogP contribution is -2.52. The molecule has 1 N–H and O–H groups in total. The number of carbonyl (C=O) groups excluding carboxylic acids is 4. The molecular weight excluding hydrogens is 915 g/mol. The first-order valence-electron chi connectivity index (χ1n) is 23.5. The fourth-order valence-electron chi connectivity index (χ4n) is 9.86. The Morgan fingerprint density at radius 1 is 0.841 bits per heavy atom. The summed E-state index contributed by atoms with van der Waals surface area (Å²) < 4.78 is 64.6. The number of piperazine rings is 1. The SMILES string of the molecule is CCC(=O)N1CCN(c2ncnc3c(F)c(-c4c(F)cccc4OCCOCc4ccc(COCCN5CCC(c6cc(F)cc7c6CN(C6CCC(=O)NC6=O)C7=O)CC5)cc4)c(Cl)cc23)CC1. The van der Waals surface area contributed by atoms with Crippen molar-refractivity contribution in [3.63, 3.8) is 0 Å². The van der Waals surface area contributed by atoms with Crippen molar-refractivity contribution in [2.75, 3.05) is 70.5 Å². The van der Waals surface area contributed by atoms with E-state index in [9.17, 15) is 23.6 Å². The zero-order valence-corrected chi connectivity index (χ0v) is 39.0. The molecule has 9 rings (SSSR count). The number of fused-ring (bicyclic) bond motifs is 2. The van der Waals surface area contributed by atoms with Crippen molar-refractivity contribution in [1.82, 2.24) is 30.0 Å². The van der Waals surface area contributed by atoms with Gasteiger partial charge in [-0.2, -0.15) is 0 Å². The summed E-state index contributed by atoms with van der Waals surface area (Å²) in [5, 5.41) is 2.68. The highest BCUT2D eigenvalue weighted by molar-refractivity contribution is 6.34. The van der Waals surface area contributed by atoms with Crippen molar-refractivity contribution in [2.24, 2.45) is 0 Å². The normalized spacial score (nSPS) is 18.0. The standard InChI is InChI=1S/C51H53ClF3N7O7/c1-2-44(64)60-16-18-61(19-17-60)49-37-26-39(52)45(47(55)48(37)56-30-57-49)46-40(54)4-3-5-42(46)69-23-22-68-29-32-8-6-31(7-9-32)28-67-21-20-59-14-12-33(13-15-59)35-24-34(53)25-36-38(35)27-62(51(36)66)41-10-11-43(63)58-50(41)65/h3-9,24-26,30,33,41H,2,10-23,27-29H2,1H3,(H,58,63,65). The van der Waals surface area contributed by atoms with Crippen molar-refractivity contribution < 1.29 is 46.6 Å². The van der Waals surface area contributed by atoms with Crippen LogP contribution in [0.4, 0.5) is 19.0 Å². The molecule has 4 aliphatic rings. The van der Waals surface area contributed by atoms with Gasteiger partial charge in [-0.15, -0.1) is 0 Å². The summed E-state index contributed by atoms with van der Waals surface area (Å²) in [4.78, 5) is 65.9. The van der Waals surface area contributed by atoms with Crippen LogP contribution in [0.15, 0.2) is 67.0 Å². The molecule has 362 valence electrons. The number of nitrogens with zero attached hydrogens (tertiary/aromatic N) is 6. The third kappa shape index (κ3) is 10.4. The molecule has 4 aromatic carbocycles. The molecule has 1 atom stereocenters. The molecule has 3 fully saturated rings.